The molecule has 0 aromatic carbocycles. The van der Waals surface area contributed by atoms with Gasteiger partial charge in [0.15, 0.2) is 12.4 Å². The Balaban J connectivity index is 0. The van der Waals surface area contributed by atoms with Crippen molar-refractivity contribution in [2.75, 3.05) is 5.75 Å². The van der Waals surface area contributed by atoms with Crippen LogP contribution in [0.1, 0.15) is 13.3 Å². The summed E-state index contributed by atoms with van der Waals surface area (Å²) in [6, 6.07) is 5.86. The summed E-state index contributed by atoms with van der Waals surface area (Å²) < 4.78 is 29.0. The molecule has 0 amide bonds. The minimum atomic E-state index is -3.92. The molecule has 1 aromatic heterocycles. The van der Waals surface area contributed by atoms with Crippen LogP contribution in [-0.4, -0.2) is 48.3 Å². The molecule has 1 N–H and O–H groups in total. The average Bonchev–Trinajstić information content (AvgIpc) is 2.06. The standard InChI is InChI=1S/C5H5N.C3H8O3S.Na/c1-2-4-6-5-3-1;1-2-3-7(4,5)6;/h1-5H;2-3H2,1H3,(H,4,5,6);. The maximum absolute atomic E-state index is 9.68. The third-order valence-corrected chi connectivity index (χ3v) is 1.97. The van der Waals surface area contributed by atoms with Gasteiger partial charge in [-0.2, -0.15) is 0 Å². The van der Waals surface area contributed by atoms with Crippen LogP contribution in [0.4, 0.5) is 0 Å². The zero-order valence-electron chi connectivity index (χ0n) is 8.43. The maximum Gasteiger partial charge on any atom is 0.166 e. The topological polar surface area (TPSA) is 71.3 Å². The van der Waals surface area contributed by atoms with Gasteiger partial charge in [-0.05, 0) is 6.42 Å². The van der Waals surface area contributed by atoms with Crippen molar-refractivity contribution in [1.29, 1.82) is 0 Å². The molecule has 0 aliphatic rings. The van der Waals surface area contributed by atoms with Crippen LogP contribution in [-0.2, 0) is 10.1 Å². The number of hydrogen-bond acceptors (Lipinski definition) is 3. The van der Waals surface area contributed by atoms with Gasteiger partial charge in [0.25, 0.3) is 0 Å². The van der Waals surface area contributed by atoms with Gasteiger partial charge in [-0.3, -0.25) is 0 Å². The maximum atomic E-state index is 9.68. The van der Waals surface area contributed by atoms with Gasteiger partial charge in [0, 0.05) is 47.4 Å². The fourth-order valence-electron chi connectivity index (χ4n) is 0.592. The summed E-state index contributed by atoms with van der Waals surface area (Å²) in [6.45, 7) is 1.65. The van der Waals surface area contributed by atoms with Crippen LogP contribution in [0.25, 0.3) is 0 Å². The fourth-order valence-corrected chi connectivity index (χ4v) is 1.09. The Labute approximate surface area is 107 Å². The van der Waals surface area contributed by atoms with Gasteiger partial charge in [0.1, 0.15) is 0 Å². The van der Waals surface area contributed by atoms with Gasteiger partial charge in [0.2, 0.25) is 0 Å². The molecule has 0 saturated carbocycles. The number of nitrogens with one attached hydrogen (secondary N) is 1. The molecule has 1 aromatic rings. The largest absolute Gasteiger partial charge is 0.748 e. The molecule has 14 heavy (non-hydrogen) atoms. The monoisotopic (exact) mass is 226 g/mol. The smallest absolute Gasteiger partial charge is 0.166 e. The van der Waals surface area contributed by atoms with E-state index < -0.39 is 10.1 Å². The van der Waals surface area contributed by atoms with E-state index in [1.165, 1.54) is 0 Å². The Hall–Kier alpha value is 0.0600. The molecular weight excluding hydrogens is 213 g/mol. The van der Waals surface area contributed by atoms with Crippen molar-refractivity contribution in [3.05, 3.63) is 30.6 Å². The van der Waals surface area contributed by atoms with E-state index in [-0.39, 0.29) is 35.3 Å². The summed E-state index contributed by atoms with van der Waals surface area (Å²) in [6.07, 6.45) is 4.16. The van der Waals surface area contributed by atoms with Crippen molar-refractivity contribution in [2.45, 2.75) is 13.3 Å². The van der Waals surface area contributed by atoms with E-state index in [9.17, 15) is 13.0 Å². The fraction of sp³-hybridized carbons (Fsp3) is 0.375. The molecule has 0 atom stereocenters. The van der Waals surface area contributed by atoms with E-state index in [4.69, 9.17) is 0 Å². The molecule has 4 nitrogen and oxygen atoms in total. The zero-order valence-corrected chi connectivity index (χ0v) is 11.3. The summed E-state index contributed by atoms with van der Waals surface area (Å²) in [5.41, 5.74) is 0. The Kier molecular flexibility index (Phi) is 11.3. The number of rotatable bonds is 2. The second kappa shape index (κ2) is 9.61. The summed E-state index contributed by atoms with van der Waals surface area (Å²) >= 11 is 0. The Morgan fingerprint density at radius 3 is 1.79 bits per heavy atom. The van der Waals surface area contributed by atoms with Crippen LogP contribution >= 0.6 is 0 Å². The predicted octanol–water partition coefficient (Wildman–Crippen LogP) is 0.0615. The zero-order chi connectivity index (χ0) is 10.2. The van der Waals surface area contributed by atoms with E-state index in [1.807, 2.05) is 30.6 Å². The minimum Gasteiger partial charge on any atom is -0.748 e. The second-order valence-electron chi connectivity index (χ2n) is 2.34. The molecule has 0 bridgehead atoms. The molecule has 1 rings (SSSR count). The van der Waals surface area contributed by atoms with Crippen LogP contribution in [0, 0.1) is 0 Å². The minimum absolute atomic E-state index is 0. The van der Waals surface area contributed by atoms with Gasteiger partial charge < -0.3 is 4.55 Å². The summed E-state index contributed by atoms with van der Waals surface area (Å²) in [5.74, 6) is -0.243. The number of pyridine rings is 1. The van der Waals surface area contributed by atoms with Crippen LogP contribution in [0.2, 0.25) is 0 Å². The second-order valence-corrected chi connectivity index (χ2v) is 3.86. The van der Waals surface area contributed by atoms with Gasteiger partial charge >= 0.3 is 0 Å². The third kappa shape index (κ3) is 14.6. The average molecular weight is 226 g/mol. The third-order valence-electron chi connectivity index (χ3n) is 1.06. The first-order chi connectivity index (χ1) is 6.06. The van der Waals surface area contributed by atoms with Gasteiger partial charge in [-0.25, -0.2) is 13.4 Å². The molecule has 0 unspecified atom stereocenters. The molecule has 0 fully saturated rings. The van der Waals surface area contributed by atoms with Crippen molar-refractivity contribution in [2.24, 2.45) is 0 Å². The Morgan fingerprint density at radius 1 is 1.21 bits per heavy atom. The molecule has 1 radical (unpaired) electrons. The molecule has 1 heterocycles. The van der Waals surface area contributed by atoms with Gasteiger partial charge in [-0.15, -0.1) is 0 Å². The van der Waals surface area contributed by atoms with Crippen molar-refractivity contribution in [3.8, 4) is 0 Å². The normalized spacial score (nSPS) is 9.29. The molecule has 0 saturated heterocycles. The quantitative estimate of drug-likeness (QED) is 0.529. The first-order valence-electron chi connectivity index (χ1n) is 3.91. The number of hydrogen-bond donors (Lipinski definition) is 0. The van der Waals surface area contributed by atoms with Gasteiger partial charge in [0.05, 0.1) is 10.1 Å². The van der Waals surface area contributed by atoms with Crippen LogP contribution in [0.15, 0.2) is 30.6 Å². The van der Waals surface area contributed by atoms with Crippen molar-refractivity contribution < 1.29 is 18.0 Å². The van der Waals surface area contributed by atoms with E-state index in [0.29, 0.717) is 6.42 Å². The van der Waals surface area contributed by atoms with E-state index >= 15 is 0 Å². The summed E-state index contributed by atoms with van der Waals surface area (Å²) in [5, 5.41) is 0. The first-order valence-corrected chi connectivity index (χ1v) is 5.48. The van der Waals surface area contributed by atoms with E-state index in [0.717, 1.165) is 0 Å². The molecule has 6 heteroatoms. The number of H-pyrrole nitrogens is 1. The molecule has 75 valence electrons. The number of aromatic amines is 1. The van der Waals surface area contributed by atoms with E-state index in [2.05, 4.69) is 4.98 Å². The Bertz CT molecular complexity index is 275. The van der Waals surface area contributed by atoms with Crippen molar-refractivity contribution in [3.63, 3.8) is 0 Å². The summed E-state index contributed by atoms with van der Waals surface area (Å²) in [4.78, 5) is 2.89. The predicted molar refractivity (Wildman–Crippen MR) is 53.6 cm³/mol. The SMILES string of the molecule is CCCS(=O)(=O)[O-].[Na].c1cc[nH+]cc1. The molecular formula is C8H13NNaO3S. The Morgan fingerprint density at radius 2 is 1.71 bits per heavy atom. The van der Waals surface area contributed by atoms with Crippen molar-refractivity contribution >= 4 is 39.7 Å². The molecule has 0 aliphatic carbocycles. The first kappa shape index (κ1) is 16.5. The van der Waals surface area contributed by atoms with Gasteiger partial charge in [-0.1, -0.05) is 13.0 Å². The molecule has 0 spiro atoms. The van der Waals surface area contributed by atoms with Crippen LogP contribution < -0.4 is 4.98 Å². The van der Waals surface area contributed by atoms with Crippen molar-refractivity contribution in [1.82, 2.24) is 0 Å². The molecule has 0 aliphatic heterocycles. The number of aromatic nitrogens is 1. The van der Waals surface area contributed by atoms with Crippen LogP contribution in [0.5, 0.6) is 0 Å². The van der Waals surface area contributed by atoms with E-state index in [1.54, 1.807) is 6.92 Å². The summed E-state index contributed by atoms with van der Waals surface area (Å²) in [7, 11) is -3.92. The van der Waals surface area contributed by atoms with Crippen LogP contribution in [0.3, 0.4) is 0 Å².